The van der Waals surface area contributed by atoms with E-state index in [-0.39, 0.29) is 5.92 Å². The van der Waals surface area contributed by atoms with Crippen molar-refractivity contribution < 1.29 is 9.84 Å². The second-order valence-corrected chi connectivity index (χ2v) is 4.52. The van der Waals surface area contributed by atoms with E-state index in [4.69, 9.17) is 4.74 Å². The molecule has 2 rings (SSSR count). The van der Waals surface area contributed by atoms with Crippen LogP contribution < -0.4 is 4.74 Å². The third-order valence-corrected chi connectivity index (χ3v) is 2.92. The lowest BCUT2D eigenvalue weighted by Crippen LogP contribution is -2.23. The van der Waals surface area contributed by atoms with E-state index in [1.165, 1.54) is 0 Å². The number of ether oxygens (including phenoxy) is 1. The molecule has 1 N–H and O–H groups in total. The highest BCUT2D eigenvalue weighted by Gasteiger charge is 2.25. The second-order valence-electron chi connectivity index (χ2n) is 4.52. The fraction of sp³-hybridized carbons (Fsp3) is 0.429. The van der Waals surface area contributed by atoms with Crippen molar-refractivity contribution in [3.8, 4) is 5.75 Å². The lowest BCUT2D eigenvalue weighted by atomic mass is 9.87. The molecule has 1 aromatic rings. The first kappa shape index (κ1) is 11.2. The normalized spacial score (nSPS) is 20.6. The highest BCUT2D eigenvalue weighted by molar-refractivity contribution is 5.39. The van der Waals surface area contributed by atoms with Crippen molar-refractivity contribution in [2.75, 3.05) is 6.61 Å². The number of hydrogen-bond donors (Lipinski definition) is 1. The van der Waals surface area contributed by atoms with Crippen LogP contribution in [-0.2, 0) is 0 Å². The minimum atomic E-state index is -0.407. The fourth-order valence-electron chi connectivity index (χ4n) is 2.18. The molecule has 0 fully saturated rings. The predicted molar refractivity (Wildman–Crippen MR) is 64.7 cm³/mol. The van der Waals surface area contributed by atoms with Crippen molar-refractivity contribution in [3.63, 3.8) is 0 Å². The van der Waals surface area contributed by atoms with Gasteiger partial charge in [0.05, 0.1) is 12.7 Å². The molecule has 2 unspecified atom stereocenters. The number of benzene rings is 1. The number of aliphatic hydroxyl groups excluding tert-OH is 1. The summed E-state index contributed by atoms with van der Waals surface area (Å²) in [4.78, 5) is 0. The second kappa shape index (κ2) is 4.71. The zero-order chi connectivity index (χ0) is 11.5. The van der Waals surface area contributed by atoms with E-state index in [0.29, 0.717) is 6.61 Å². The number of allylic oxidation sites excluding steroid dienone is 1. The van der Waals surface area contributed by atoms with Crippen molar-refractivity contribution >= 4 is 0 Å². The molecule has 0 amide bonds. The quantitative estimate of drug-likeness (QED) is 0.773. The van der Waals surface area contributed by atoms with Gasteiger partial charge in [0.25, 0.3) is 0 Å². The SMILES string of the molecule is CC(C)=CC(O)C1CCOc2ccccc21. The van der Waals surface area contributed by atoms with Gasteiger partial charge in [-0.2, -0.15) is 0 Å². The Bertz CT molecular complexity index is 391. The van der Waals surface area contributed by atoms with Crippen LogP contribution in [0.3, 0.4) is 0 Å². The molecule has 2 nitrogen and oxygen atoms in total. The average Bonchev–Trinajstić information content (AvgIpc) is 2.27. The molecule has 0 spiro atoms. The summed E-state index contributed by atoms with van der Waals surface area (Å²) >= 11 is 0. The van der Waals surface area contributed by atoms with Crippen LogP contribution in [0.4, 0.5) is 0 Å². The summed E-state index contributed by atoms with van der Waals surface area (Å²) in [7, 11) is 0. The topological polar surface area (TPSA) is 29.5 Å². The summed E-state index contributed by atoms with van der Waals surface area (Å²) in [5.74, 6) is 1.08. The molecule has 0 bridgehead atoms. The summed E-state index contributed by atoms with van der Waals surface area (Å²) in [5.41, 5.74) is 2.27. The van der Waals surface area contributed by atoms with Gasteiger partial charge >= 0.3 is 0 Å². The summed E-state index contributed by atoms with van der Waals surface area (Å²) in [6.07, 6.45) is 2.39. The zero-order valence-corrected chi connectivity index (χ0v) is 9.81. The van der Waals surface area contributed by atoms with Gasteiger partial charge in [-0.25, -0.2) is 0 Å². The van der Waals surface area contributed by atoms with Crippen molar-refractivity contribution in [3.05, 3.63) is 41.5 Å². The van der Waals surface area contributed by atoms with E-state index >= 15 is 0 Å². The lowest BCUT2D eigenvalue weighted by Gasteiger charge is -2.28. The molecule has 0 radical (unpaired) electrons. The Balaban J connectivity index is 2.28. The number of hydrogen-bond acceptors (Lipinski definition) is 2. The predicted octanol–water partition coefficient (Wildman–Crippen LogP) is 2.88. The largest absolute Gasteiger partial charge is 0.493 e. The van der Waals surface area contributed by atoms with Gasteiger partial charge in [-0.15, -0.1) is 0 Å². The van der Waals surface area contributed by atoms with E-state index < -0.39 is 6.10 Å². The monoisotopic (exact) mass is 218 g/mol. The molecule has 1 aliphatic heterocycles. The van der Waals surface area contributed by atoms with Crippen LogP contribution >= 0.6 is 0 Å². The van der Waals surface area contributed by atoms with Gasteiger partial charge in [0.2, 0.25) is 0 Å². The Labute approximate surface area is 96.6 Å². The number of rotatable bonds is 2. The summed E-state index contributed by atoms with van der Waals surface area (Å²) in [5, 5.41) is 10.2. The van der Waals surface area contributed by atoms with Gasteiger partial charge < -0.3 is 9.84 Å². The van der Waals surface area contributed by atoms with Crippen LogP contribution in [0.5, 0.6) is 5.75 Å². The van der Waals surface area contributed by atoms with Gasteiger partial charge in [0.1, 0.15) is 5.75 Å². The average molecular weight is 218 g/mol. The first-order chi connectivity index (χ1) is 7.68. The highest BCUT2D eigenvalue weighted by atomic mass is 16.5. The number of aliphatic hydroxyl groups is 1. The molecule has 1 aromatic carbocycles. The molecule has 86 valence electrons. The van der Waals surface area contributed by atoms with Crippen molar-refractivity contribution in [1.29, 1.82) is 0 Å². The molecule has 2 atom stereocenters. The van der Waals surface area contributed by atoms with Crippen LogP contribution in [0.1, 0.15) is 31.7 Å². The highest BCUT2D eigenvalue weighted by Crippen LogP contribution is 2.35. The Morgan fingerprint density at radius 1 is 1.44 bits per heavy atom. The molecular weight excluding hydrogens is 200 g/mol. The fourth-order valence-corrected chi connectivity index (χ4v) is 2.18. The van der Waals surface area contributed by atoms with Gasteiger partial charge in [-0.3, -0.25) is 0 Å². The Morgan fingerprint density at radius 2 is 2.19 bits per heavy atom. The van der Waals surface area contributed by atoms with Crippen molar-refractivity contribution in [2.45, 2.75) is 32.3 Å². The molecule has 1 aliphatic rings. The van der Waals surface area contributed by atoms with E-state index in [0.717, 1.165) is 23.3 Å². The third kappa shape index (κ3) is 2.27. The van der Waals surface area contributed by atoms with Crippen LogP contribution in [0.15, 0.2) is 35.9 Å². The zero-order valence-electron chi connectivity index (χ0n) is 9.81. The third-order valence-electron chi connectivity index (χ3n) is 2.92. The summed E-state index contributed by atoms with van der Waals surface area (Å²) in [6.45, 7) is 4.71. The Hall–Kier alpha value is -1.28. The summed E-state index contributed by atoms with van der Waals surface area (Å²) < 4.78 is 5.58. The van der Waals surface area contributed by atoms with E-state index in [2.05, 4.69) is 0 Å². The van der Waals surface area contributed by atoms with Crippen molar-refractivity contribution in [1.82, 2.24) is 0 Å². The molecule has 1 heterocycles. The maximum atomic E-state index is 10.2. The van der Waals surface area contributed by atoms with Gasteiger partial charge in [-0.1, -0.05) is 29.8 Å². The maximum Gasteiger partial charge on any atom is 0.122 e. The van der Waals surface area contributed by atoms with Crippen LogP contribution in [-0.4, -0.2) is 17.8 Å². The van der Waals surface area contributed by atoms with Gasteiger partial charge in [-0.05, 0) is 26.3 Å². The Kier molecular flexibility index (Phi) is 3.30. The van der Waals surface area contributed by atoms with Crippen LogP contribution in [0.2, 0.25) is 0 Å². The van der Waals surface area contributed by atoms with E-state index in [9.17, 15) is 5.11 Å². The lowest BCUT2D eigenvalue weighted by molar-refractivity contribution is 0.153. The molecule has 0 aromatic heterocycles. The first-order valence-electron chi connectivity index (χ1n) is 5.73. The first-order valence-corrected chi connectivity index (χ1v) is 5.73. The summed E-state index contributed by atoms with van der Waals surface area (Å²) in [6, 6.07) is 7.97. The smallest absolute Gasteiger partial charge is 0.122 e. The molecular formula is C14H18O2. The molecule has 2 heteroatoms. The standard InChI is InChI=1S/C14H18O2/c1-10(2)9-13(15)11-7-8-16-14-6-4-3-5-12(11)14/h3-6,9,11,13,15H,7-8H2,1-2H3. The molecule has 0 saturated carbocycles. The van der Waals surface area contributed by atoms with Gasteiger partial charge in [0.15, 0.2) is 0 Å². The number of fused-ring (bicyclic) bond motifs is 1. The number of para-hydroxylation sites is 1. The maximum absolute atomic E-state index is 10.2. The molecule has 0 saturated heterocycles. The minimum absolute atomic E-state index is 0.167. The molecule has 16 heavy (non-hydrogen) atoms. The van der Waals surface area contributed by atoms with Crippen LogP contribution in [0.25, 0.3) is 0 Å². The van der Waals surface area contributed by atoms with E-state index in [1.807, 2.05) is 44.2 Å². The minimum Gasteiger partial charge on any atom is -0.493 e. The van der Waals surface area contributed by atoms with Crippen molar-refractivity contribution in [2.24, 2.45) is 0 Å². The molecule has 0 aliphatic carbocycles. The Morgan fingerprint density at radius 3 is 2.94 bits per heavy atom. The van der Waals surface area contributed by atoms with E-state index in [1.54, 1.807) is 0 Å². The van der Waals surface area contributed by atoms with Gasteiger partial charge in [0, 0.05) is 11.5 Å². The van der Waals surface area contributed by atoms with Crippen LogP contribution in [0, 0.1) is 0 Å².